The molecule has 1 heterocycles. The minimum atomic E-state index is -0.179. The van der Waals surface area contributed by atoms with Crippen LogP contribution in [-0.4, -0.2) is 30.0 Å². The SMILES string of the molecule is CCOc1cc(/C=C2\SC(=S)NC2=O)ccc1OCCOc1ccc(C)cc1C. The average Bonchev–Trinajstić information content (AvgIpc) is 2.99. The van der Waals surface area contributed by atoms with Gasteiger partial charge in [-0.15, -0.1) is 0 Å². The molecule has 5 nitrogen and oxygen atoms in total. The number of nitrogens with one attached hydrogen (secondary N) is 1. The summed E-state index contributed by atoms with van der Waals surface area (Å²) in [6, 6.07) is 11.7. The lowest BCUT2D eigenvalue weighted by Crippen LogP contribution is -2.17. The van der Waals surface area contributed by atoms with Crippen molar-refractivity contribution in [3.63, 3.8) is 0 Å². The molecule has 0 spiro atoms. The third-order valence-corrected chi connectivity index (χ3v) is 5.30. The molecule has 152 valence electrons. The molecule has 1 fully saturated rings. The molecule has 2 aromatic carbocycles. The van der Waals surface area contributed by atoms with Gasteiger partial charge >= 0.3 is 0 Å². The van der Waals surface area contributed by atoms with Crippen molar-refractivity contribution in [2.75, 3.05) is 19.8 Å². The topological polar surface area (TPSA) is 56.8 Å². The highest BCUT2D eigenvalue weighted by atomic mass is 32.2. The van der Waals surface area contributed by atoms with Gasteiger partial charge in [-0.2, -0.15) is 0 Å². The molecule has 1 aliphatic heterocycles. The molecule has 0 radical (unpaired) electrons. The lowest BCUT2D eigenvalue weighted by Gasteiger charge is -2.14. The zero-order valence-corrected chi connectivity index (χ0v) is 18.2. The van der Waals surface area contributed by atoms with E-state index in [1.165, 1.54) is 17.3 Å². The van der Waals surface area contributed by atoms with Crippen LogP contribution in [-0.2, 0) is 4.79 Å². The molecule has 29 heavy (non-hydrogen) atoms. The van der Waals surface area contributed by atoms with Gasteiger partial charge in [-0.25, -0.2) is 0 Å². The van der Waals surface area contributed by atoms with Crippen molar-refractivity contribution >= 4 is 40.3 Å². The van der Waals surface area contributed by atoms with E-state index in [4.69, 9.17) is 26.4 Å². The number of hydrogen-bond acceptors (Lipinski definition) is 6. The number of rotatable bonds is 8. The molecule has 1 aliphatic rings. The van der Waals surface area contributed by atoms with Gasteiger partial charge in [0.2, 0.25) is 0 Å². The van der Waals surface area contributed by atoms with Crippen LogP contribution in [0.3, 0.4) is 0 Å². The van der Waals surface area contributed by atoms with Crippen LogP contribution in [0, 0.1) is 13.8 Å². The van der Waals surface area contributed by atoms with E-state index in [1.807, 2.05) is 44.2 Å². The van der Waals surface area contributed by atoms with E-state index in [2.05, 4.69) is 18.3 Å². The predicted molar refractivity (Wildman–Crippen MR) is 121 cm³/mol. The summed E-state index contributed by atoms with van der Waals surface area (Å²) in [7, 11) is 0. The second-order valence-electron chi connectivity index (χ2n) is 6.46. The highest BCUT2D eigenvalue weighted by Crippen LogP contribution is 2.32. The molecular formula is C22H23NO4S2. The van der Waals surface area contributed by atoms with Crippen molar-refractivity contribution in [2.45, 2.75) is 20.8 Å². The zero-order chi connectivity index (χ0) is 20.8. The second kappa shape index (κ2) is 9.80. The van der Waals surface area contributed by atoms with E-state index >= 15 is 0 Å². The number of carbonyl (C=O) groups excluding carboxylic acids is 1. The number of ether oxygens (including phenoxy) is 3. The molecule has 0 atom stereocenters. The molecule has 0 bridgehead atoms. The maximum atomic E-state index is 11.8. The Morgan fingerprint density at radius 2 is 1.72 bits per heavy atom. The molecule has 0 aliphatic carbocycles. The monoisotopic (exact) mass is 429 g/mol. The fourth-order valence-corrected chi connectivity index (χ4v) is 3.88. The van der Waals surface area contributed by atoms with E-state index in [-0.39, 0.29) is 5.91 Å². The molecule has 2 aromatic rings. The number of benzene rings is 2. The summed E-state index contributed by atoms with van der Waals surface area (Å²) in [6.07, 6.45) is 1.79. The van der Waals surface area contributed by atoms with E-state index in [0.29, 0.717) is 40.5 Å². The van der Waals surface area contributed by atoms with Crippen LogP contribution in [0.25, 0.3) is 6.08 Å². The van der Waals surface area contributed by atoms with E-state index in [1.54, 1.807) is 6.08 Å². The summed E-state index contributed by atoms with van der Waals surface area (Å²) >= 11 is 6.27. The smallest absolute Gasteiger partial charge is 0.263 e. The van der Waals surface area contributed by atoms with Gasteiger partial charge in [-0.3, -0.25) is 4.79 Å². The highest BCUT2D eigenvalue weighted by molar-refractivity contribution is 8.26. The van der Waals surface area contributed by atoms with Crippen LogP contribution in [0.5, 0.6) is 17.2 Å². The van der Waals surface area contributed by atoms with Crippen LogP contribution in [0.2, 0.25) is 0 Å². The Kier molecular flexibility index (Phi) is 7.17. The average molecular weight is 430 g/mol. The molecule has 1 saturated heterocycles. The Labute approximate surface area is 180 Å². The number of thioether (sulfide) groups is 1. The first-order valence-corrected chi connectivity index (χ1v) is 10.5. The van der Waals surface area contributed by atoms with E-state index in [0.717, 1.165) is 16.9 Å². The highest BCUT2D eigenvalue weighted by Gasteiger charge is 2.22. The number of amides is 1. The first-order chi connectivity index (χ1) is 14.0. The van der Waals surface area contributed by atoms with Gasteiger partial charge in [0.25, 0.3) is 5.91 Å². The Morgan fingerprint density at radius 3 is 2.38 bits per heavy atom. The molecule has 0 saturated carbocycles. The molecule has 1 N–H and O–H groups in total. The van der Waals surface area contributed by atoms with Crippen molar-refractivity contribution in [3.05, 3.63) is 58.0 Å². The first kappa shape index (κ1) is 21.2. The summed E-state index contributed by atoms with van der Waals surface area (Å²) in [4.78, 5) is 12.4. The van der Waals surface area contributed by atoms with Crippen LogP contribution >= 0.6 is 24.0 Å². The molecule has 0 unspecified atom stereocenters. The predicted octanol–water partition coefficient (Wildman–Crippen LogP) is 4.65. The quantitative estimate of drug-likeness (QED) is 0.375. The van der Waals surface area contributed by atoms with Crippen LogP contribution in [0.1, 0.15) is 23.6 Å². The Balaban J connectivity index is 1.63. The lowest BCUT2D eigenvalue weighted by atomic mass is 10.1. The Morgan fingerprint density at radius 1 is 1.00 bits per heavy atom. The van der Waals surface area contributed by atoms with Crippen molar-refractivity contribution in [1.82, 2.24) is 5.32 Å². The largest absolute Gasteiger partial charge is 0.490 e. The van der Waals surface area contributed by atoms with Gasteiger partial charge in [0, 0.05) is 0 Å². The minimum absolute atomic E-state index is 0.179. The molecule has 0 aromatic heterocycles. The zero-order valence-electron chi connectivity index (χ0n) is 16.6. The molecule has 7 heteroatoms. The fraction of sp³-hybridized carbons (Fsp3) is 0.273. The first-order valence-electron chi connectivity index (χ1n) is 9.31. The molecule has 3 rings (SSSR count). The van der Waals surface area contributed by atoms with Gasteiger partial charge in [0.05, 0.1) is 11.5 Å². The van der Waals surface area contributed by atoms with Crippen molar-refractivity contribution in [1.29, 1.82) is 0 Å². The van der Waals surface area contributed by atoms with Gasteiger partial charge in [-0.05, 0) is 56.2 Å². The standard InChI is InChI=1S/C22H23NO4S2/c1-4-25-19-12-16(13-20-21(24)23-22(28)29-20)6-8-18(19)27-10-9-26-17-7-5-14(2)11-15(17)3/h5-8,11-13H,4,9-10H2,1-3H3,(H,23,24,28)/b20-13-. The maximum Gasteiger partial charge on any atom is 0.263 e. The summed E-state index contributed by atoms with van der Waals surface area (Å²) in [5.41, 5.74) is 3.15. The Bertz CT molecular complexity index is 956. The van der Waals surface area contributed by atoms with Crippen LogP contribution in [0.15, 0.2) is 41.3 Å². The van der Waals surface area contributed by atoms with E-state index < -0.39 is 0 Å². The summed E-state index contributed by atoms with van der Waals surface area (Å²) in [5.74, 6) is 1.94. The van der Waals surface area contributed by atoms with Gasteiger partial charge in [-0.1, -0.05) is 47.7 Å². The van der Waals surface area contributed by atoms with Crippen molar-refractivity contribution in [2.24, 2.45) is 0 Å². The minimum Gasteiger partial charge on any atom is -0.490 e. The summed E-state index contributed by atoms with van der Waals surface area (Å²) in [5, 5.41) is 2.61. The number of thiocarbonyl (C=S) groups is 1. The van der Waals surface area contributed by atoms with Crippen LogP contribution < -0.4 is 19.5 Å². The van der Waals surface area contributed by atoms with Gasteiger partial charge < -0.3 is 19.5 Å². The number of hydrogen-bond donors (Lipinski definition) is 1. The van der Waals surface area contributed by atoms with Gasteiger partial charge in [0.15, 0.2) is 11.5 Å². The third-order valence-electron chi connectivity index (χ3n) is 4.14. The van der Waals surface area contributed by atoms with Crippen LogP contribution in [0.4, 0.5) is 0 Å². The second-order valence-corrected chi connectivity index (χ2v) is 8.18. The lowest BCUT2D eigenvalue weighted by molar-refractivity contribution is -0.115. The maximum absolute atomic E-state index is 11.8. The summed E-state index contributed by atoms with van der Waals surface area (Å²) < 4.78 is 17.9. The fourth-order valence-electron chi connectivity index (χ4n) is 2.84. The number of aryl methyl sites for hydroxylation is 2. The van der Waals surface area contributed by atoms with Crippen molar-refractivity contribution < 1.29 is 19.0 Å². The Hall–Kier alpha value is -2.51. The van der Waals surface area contributed by atoms with Gasteiger partial charge in [0.1, 0.15) is 23.3 Å². The number of carbonyl (C=O) groups is 1. The van der Waals surface area contributed by atoms with E-state index in [9.17, 15) is 4.79 Å². The third kappa shape index (κ3) is 5.74. The summed E-state index contributed by atoms with van der Waals surface area (Å²) in [6.45, 7) is 7.32. The van der Waals surface area contributed by atoms with Crippen molar-refractivity contribution in [3.8, 4) is 17.2 Å². The molecular weight excluding hydrogens is 406 g/mol. The normalized spacial score (nSPS) is 14.8. The molecule has 1 amide bonds.